The first-order valence-electron chi connectivity index (χ1n) is 7.31. The third-order valence-corrected chi connectivity index (χ3v) is 4.67. The van der Waals surface area contributed by atoms with Crippen molar-refractivity contribution in [3.63, 3.8) is 0 Å². The molecule has 1 aliphatic rings. The number of thioether (sulfide) groups is 1. The summed E-state index contributed by atoms with van der Waals surface area (Å²) in [7, 11) is 0. The molecule has 1 unspecified atom stereocenters. The van der Waals surface area contributed by atoms with E-state index in [9.17, 15) is 10.1 Å². The molecular weight excluding hydrogens is 290 g/mol. The summed E-state index contributed by atoms with van der Waals surface area (Å²) in [6.45, 7) is 3.49. The van der Waals surface area contributed by atoms with Crippen molar-refractivity contribution in [2.75, 3.05) is 29.5 Å². The van der Waals surface area contributed by atoms with Gasteiger partial charge in [0.25, 0.3) is 0 Å². The van der Waals surface area contributed by atoms with Gasteiger partial charge in [-0.3, -0.25) is 10.1 Å². The number of aromatic nitrogens is 2. The average molecular weight is 311 g/mol. The molecule has 1 saturated heterocycles. The zero-order valence-electron chi connectivity index (χ0n) is 12.2. The zero-order valence-corrected chi connectivity index (χ0v) is 13.0. The number of rotatable bonds is 7. The van der Waals surface area contributed by atoms with Crippen LogP contribution in [0.3, 0.4) is 0 Å². The van der Waals surface area contributed by atoms with Gasteiger partial charge in [0.05, 0.1) is 4.92 Å². The van der Waals surface area contributed by atoms with E-state index in [0.29, 0.717) is 23.6 Å². The molecule has 0 aromatic carbocycles. The Morgan fingerprint density at radius 3 is 3.00 bits per heavy atom. The van der Waals surface area contributed by atoms with E-state index < -0.39 is 4.92 Å². The standard InChI is InChI=1S/C13H21N5O2S/c1-2-6-14-13-16-9-11(18(19)20)12(17-13)15-8-10-5-3-4-7-21-10/h9-10H,2-8H2,1H3,(H2,14,15,16,17). The molecule has 0 amide bonds. The van der Waals surface area contributed by atoms with Gasteiger partial charge >= 0.3 is 5.69 Å². The summed E-state index contributed by atoms with van der Waals surface area (Å²) in [5.74, 6) is 1.91. The molecule has 1 aliphatic heterocycles. The second-order valence-corrected chi connectivity index (χ2v) is 6.39. The van der Waals surface area contributed by atoms with Crippen LogP contribution in [0.25, 0.3) is 0 Å². The molecule has 116 valence electrons. The molecule has 21 heavy (non-hydrogen) atoms. The molecule has 0 bridgehead atoms. The lowest BCUT2D eigenvalue weighted by Gasteiger charge is -2.21. The predicted octanol–water partition coefficient (Wildman–Crippen LogP) is 2.90. The minimum absolute atomic E-state index is 0.0714. The molecule has 1 aromatic rings. The molecule has 2 heterocycles. The van der Waals surface area contributed by atoms with E-state index in [-0.39, 0.29) is 5.69 Å². The normalized spacial score (nSPS) is 18.2. The SMILES string of the molecule is CCCNc1ncc([N+](=O)[O-])c(NCC2CCCCS2)n1. The topological polar surface area (TPSA) is 93.0 Å². The third-order valence-electron chi connectivity index (χ3n) is 3.27. The molecule has 1 fully saturated rings. The lowest BCUT2D eigenvalue weighted by molar-refractivity contribution is -0.384. The molecular formula is C13H21N5O2S. The minimum atomic E-state index is -0.444. The Kier molecular flexibility index (Phi) is 6.04. The number of nitro groups is 1. The van der Waals surface area contributed by atoms with Crippen LogP contribution in [0.15, 0.2) is 6.20 Å². The van der Waals surface area contributed by atoms with Gasteiger partial charge in [0.1, 0.15) is 6.20 Å². The van der Waals surface area contributed by atoms with Gasteiger partial charge in [-0.1, -0.05) is 13.3 Å². The second-order valence-electron chi connectivity index (χ2n) is 4.98. The highest BCUT2D eigenvalue weighted by Gasteiger charge is 2.19. The summed E-state index contributed by atoms with van der Waals surface area (Å²) >= 11 is 1.92. The Hall–Kier alpha value is -1.57. The van der Waals surface area contributed by atoms with Crippen molar-refractivity contribution in [1.29, 1.82) is 0 Å². The molecule has 0 spiro atoms. The fraction of sp³-hybridized carbons (Fsp3) is 0.692. The van der Waals surface area contributed by atoms with E-state index in [1.54, 1.807) is 0 Å². The highest BCUT2D eigenvalue weighted by molar-refractivity contribution is 7.99. The zero-order chi connectivity index (χ0) is 15.1. The largest absolute Gasteiger partial charge is 0.363 e. The van der Waals surface area contributed by atoms with Gasteiger partial charge in [0.2, 0.25) is 11.8 Å². The Morgan fingerprint density at radius 1 is 1.48 bits per heavy atom. The van der Waals surface area contributed by atoms with Gasteiger partial charge in [-0.05, 0) is 25.0 Å². The van der Waals surface area contributed by atoms with Gasteiger partial charge in [0, 0.05) is 18.3 Å². The van der Waals surface area contributed by atoms with E-state index in [1.165, 1.54) is 24.8 Å². The van der Waals surface area contributed by atoms with Crippen molar-refractivity contribution in [3.8, 4) is 0 Å². The minimum Gasteiger partial charge on any atom is -0.363 e. The Morgan fingerprint density at radius 2 is 2.33 bits per heavy atom. The number of nitrogens with one attached hydrogen (secondary N) is 2. The molecule has 2 N–H and O–H groups in total. The van der Waals surface area contributed by atoms with Crippen molar-refractivity contribution in [2.24, 2.45) is 0 Å². The lowest BCUT2D eigenvalue weighted by atomic mass is 10.2. The number of anilines is 2. The first-order chi connectivity index (χ1) is 10.2. The van der Waals surface area contributed by atoms with Gasteiger partial charge < -0.3 is 10.6 Å². The summed E-state index contributed by atoms with van der Waals surface area (Å²) in [5.41, 5.74) is -0.0714. The monoisotopic (exact) mass is 311 g/mol. The summed E-state index contributed by atoms with van der Waals surface area (Å²) in [4.78, 5) is 18.8. The van der Waals surface area contributed by atoms with Crippen molar-refractivity contribution in [3.05, 3.63) is 16.3 Å². The molecule has 1 aromatic heterocycles. The summed E-state index contributed by atoms with van der Waals surface area (Å²) in [5, 5.41) is 17.7. The first-order valence-corrected chi connectivity index (χ1v) is 8.36. The van der Waals surface area contributed by atoms with Crippen molar-refractivity contribution in [2.45, 2.75) is 37.9 Å². The molecule has 0 aliphatic carbocycles. The molecule has 0 saturated carbocycles. The van der Waals surface area contributed by atoms with E-state index in [0.717, 1.165) is 19.4 Å². The number of hydrogen-bond donors (Lipinski definition) is 2. The molecule has 0 radical (unpaired) electrons. The Bertz CT molecular complexity index is 480. The summed E-state index contributed by atoms with van der Waals surface area (Å²) < 4.78 is 0. The molecule has 8 heteroatoms. The second kappa shape index (κ2) is 8.02. The van der Waals surface area contributed by atoms with E-state index in [1.807, 2.05) is 18.7 Å². The van der Waals surface area contributed by atoms with Gasteiger partial charge in [-0.2, -0.15) is 16.7 Å². The fourth-order valence-corrected chi connectivity index (χ4v) is 3.38. The van der Waals surface area contributed by atoms with Crippen LogP contribution in [0.1, 0.15) is 32.6 Å². The fourth-order valence-electron chi connectivity index (χ4n) is 2.14. The van der Waals surface area contributed by atoms with Crippen LogP contribution in [-0.2, 0) is 0 Å². The van der Waals surface area contributed by atoms with Crippen LogP contribution in [0, 0.1) is 10.1 Å². The van der Waals surface area contributed by atoms with Crippen molar-refractivity contribution >= 4 is 29.2 Å². The highest BCUT2D eigenvalue weighted by Crippen LogP contribution is 2.27. The maximum absolute atomic E-state index is 11.1. The van der Waals surface area contributed by atoms with Crippen LogP contribution in [0.4, 0.5) is 17.5 Å². The van der Waals surface area contributed by atoms with E-state index >= 15 is 0 Å². The maximum Gasteiger partial charge on any atom is 0.329 e. The van der Waals surface area contributed by atoms with Crippen LogP contribution in [0.2, 0.25) is 0 Å². The van der Waals surface area contributed by atoms with Gasteiger partial charge in [-0.25, -0.2) is 4.98 Å². The smallest absolute Gasteiger partial charge is 0.329 e. The lowest BCUT2D eigenvalue weighted by Crippen LogP contribution is -2.21. The van der Waals surface area contributed by atoms with Crippen LogP contribution < -0.4 is 10.6 Å². The Labute approximate surface area is 128 Å². The average Bonchev–Trinajstić information content (AvgIpc) is 2.51. The van der Waals surface area contributed by atoms with Crippen LogP contribution in [-0.4, -0.2) is 39.0 Å². The quantitative estimate of drug-likeness (QED) is 0.590. The van der Waals surface area contributed by atoms with Crippen LogP contribution in [0.5, 0.6) is 0 Å². The Balaban J connectivity index is 2.04. The van der Waals surface area contributed by atoms with Crippen molar-refractivity contribution in [1.82, 2.24) is 9.97 Å². The maximum atomic E-state index is 11.1. The summed E-state index contributed by atoms with van der Waals surface area (Å²) in [6, 6.07) is 0. The first kappa shape index (κ1) is 15.8. The molecule has 7 nitrogen and oxygen atoms in total. The molecule has 2 rings (SSSR count). The third kappa shape index (κ3) is 4.73. The van der Waals surface area contributed by atoms with Crippen molar-refractivity contribution < 1.29 is 4.92 Å². The highest BCUT2D eigenvalue weighted by atomic mass is 32.2. The molecule has 1 atom stereocenters. The van der Waals surface area contributed by atoms with Gasteiger partial charge in [0.15, 0.2) is 0 Å². The summed E-state index contributed by atoms with van der Waals surface area (Å²) in [6.07, 6.45) is 5.86. The van der Waals surface area contributed by atoms with Gasteiger partial charge in [-0.15, -0.1) is 0 Å². The number of hydrogen-bond acceptors (Lipinski definition) is 7. The van der Waals surface area contributed by atoms with E-state index in [2.05, 4.69) is 20.6 Å². The predicted molar refractivity (Wildman–Crippen MR) is 86.1 cm³/mol. The number of nitrogens with zero attached hydrogens (tertiary/aromatic N) is 3. The van der Waals surface area contributed by atoms with E-state index in [4.69, 9.17) is 0 Å². The van der Waals surface area contributed by atoms with Crippen LogP contribution >= 0.6 is 11.8 Å².